The average Bonchev–Trinajstić information content (AvgIpc) is 2.59. The van der Waals surface area contributed by atoms with Crippen LogP contribution in [0, 0.1) is 0 Å². The normalized spacial score (nSPS) is 21.6. The minimum atomic E-state index is -0.415. The number of nitrogens with one attached hydrogen (secondary N) is 1. The largest absolute Gasteiger partial charge is 0.329 e. The molecule has 14 heavy (non-hydrogen) atoms. The van der Waals surface area contributed by atoms with E-state index < -0.39 is 6.04 Å². The molecule has 2 rings (SSSR count). The van der Waals surface area contributed by atoms with E-state index in [0.29, 0.717) is 10.6 Å². The van der Waals surface area contributed by atoms with Crippen molar-refractivity contribution in [2.24, 2.45) is 0 Å². The highest BCUT2D eigenvalue weighted by molar-refractivity contribution is 7.12. The molecule has 1 aromatic heterocycles. The molecule has 0 bridgehead atoms. The van der Waals surface area contributed by atoms with E-state index in [2.05, 4.69) is 5.32 Å². The number of rotatable bonds is 0. The van der Waals surface area contributed by atoms with Gasteiger partial charge < -0.3 is 10.2 Å². The van der Waals surface area contributed by atoms with Crippen LogP contribution >= 0.6 is 11.3 Å². The van der Waals surface area contributed by atoms with Gasteiger partial charge in [0.25, 0.3) is 5.91 Å². The van der Waals surface area contributed by atoms with Gasteiger partial charge in [0.05, 0.1) is 5.69 Å². The fourth-order valence-corrected chi connectivity index (χ4v) is 2.15. The summed E-state index contributed by atoms with van der Waals surface area (Å²) in [7, 11) is 1.64. The lowest BCUT2D eigenvalue weighted by atomic mass is 10.3. The predicted molar refractivity (Wildman–Crippen MR) is 54.5 cm³/mol. The minimum absolute atomic E-state index is 0.0964. The summed E-state index contributed by atoms with van der Waals surface area (Å²) < 4.78 is 0. The fraction of sp³-hybridized carbons (Fsp3) is 0.333. The molecule has 5 heteroatoms. The fourth-order valence-electron chi connectivity index (χ4n) is 1.32. The van der Waals surface area contributed by atoms with Crippen molar-refractivity contribution in [3.63, 3.8) is 0 Å². The monoisotopic (exact) mass is 210 g/mol. The Morgan fingerprint density at radius 2 is 2.21 bits per heavy atom. The maximum absolute atomic E-state index is 11.8. The van der Waals surface area contributed by atoms with Crippen LogP contribution in [-0.2, 0) is 4.79 Å². The van der Waals surface area contributed by atoms with Gasteiger partial charge in [-0.1, -0.05) is 0 Å². The number of likely N-dealkylation sites (N-methyl/N-ethyl adjacent to an activating group) is 1. The zero-order valence-electron chi connectivity index (χ0n) is 7.90. The predicted octanol–water partition coefficient (Wildman–Crippen LogP) is 1.16. The molecule has 1 atom stereocenters. The van der Waals surface area contributed by atoms with Gasteiger partial charge >= 0.3 is 0 Å². The second kappa shape index (κ2) is 3.09. The van der Waals surface area contributed by atoms with Gasteiger partial charge in [-0.3, -0.25) is 9.59 Å². The molecule has 1 N–H and O–H groups in total. The van der Waals surface area contributed by atoms with Gasteiger partial charge in [0.2, 0.25) is 5.91 Å². The molecular weight excluding hydrogens is 200 g/mol. The zero-order valence-corrected chi connectivity index (χ0v) is 8.72. The van der Waals surface area contributed by atoms with Crippen LogP contribution in [0.5, 0.6) is 0 Å². The lowest BCUT2D eigenvalue weighted by Gasteiger charge is -2.19. The zero-order chi connectivity index (χ0) is 10.3. The van der Waals surface area contributed by atoms with Crippen LogP contribution in [0.15, 0.2) is 11.4 Å². The Labute approximate surface area is 85.5 Å². The van der Waals surface area contributed by atoms with E-state index in [1.807, 2.05) is 0 Å². The highest BCUT2D eigenvalue weighted by Crippen LogP contribution is 2.27. The maximum atomic E-state index is 11.8. The minimum Gasteiger partial charge on any atom is -0.329 e. The topological polar surface area (TPSA) is 49.4 Å². The first kappa shape index (κ1) is 9.21. The summed E-state index contributed by atoms with van der Waals surface area (Å²) in [4.78, 5) is 25.4. The molecule has 0 unspecified atom stereocenters. The van der Waals surface area contributed by atoms with Gasteiger partial charge in [-0.25, -0.2) is 0 Å². The van der Waals surface area contributed by atoms with Crippen LogP contribution in [0.3, 0.4) is 0 Å². The molecule has 0 aliphatic carbocycles. The van der Waals surface area contributed by atoms with Crippen LogP contribution in [0.25, 0.3) is 0 Å². The first-order valence-electron chi connectivity index (χ1n) is 4.27. The summed E-state index contributed by atoms with van der Waals surface area (Å²) in [6, 6.07) is 1.34. The number of carbonyl (C=O) groups is 2. The van der Waals surface area contributed by atoms with Crippen molar-refractivity contribution in [3.05, 3.63) is 16.3 Å². The number of nitrogens with zero attached hydrogens (tertiary/aromatic N) is 1. The molecule has 2 heterocycles. The van der Waals surface area contributed by atoms with Gasteiger partial charge in [-0.05, 0) is 18.4 Å². The molecule has 2 amide bonds. The van der Waals surface area contributed by atoms with E-state index in [1.165, 1.54) is 16.2 Å². The summed E-state index contributed by atoms with van der Waals surface area (Å²) in [5.41, 5.74) is 0.626. The third-order valence-corrected chi connectivity index (χ3v) is 3.30. The van der Waals surface area contributed by atoms with Gasteiger partial charge in [0.15, 0.2) is 0 Å². The first-order valence-corrected chi connectivity index (χ1v) is 5.14. The molecule has 0 spiro atoms. The highest BCUT2D eigenvalue weighted by atomic mass is 32.1. The number of amides is 2. The van der Waals surface area contributed by atoms with Gasteiger partial charge in [0, 0.05) is 7.05 Å². The Morgan fingerprint density at radius 1 is 1.50 bits per heavy atom. The van der Waals surface area contributed by atoms with Crippen LogP contribution in [-0.4, -0.2) is 29.8 Å². The van der Waals surface area contributed by atoms with E-state index in [1.54, 1.807) is 25.4 Å². The van der Waals surface area contributed by atoms with E-state index in [-0.39, 0.29) is 11.8 Å². The number of carbonyl (C=O) groups excluding carboxylic acids is 2. The van der Waals surface area contributed by atoms with Crippen molar-refractivity contribution < 1.29 is 9.59 Å². The van der Waals surface area contributed by atoms with Crippen LogP contribution < -0.4 is 5.32 Å². The Balaban J connectivity index is 2.49. The Morgan fingerprint density at radius 3 is 2.93 bits per heavy atom. The van der Waals surface area contributed by atoms with Gasteiger partial charge in [-0.15, -0.1) is 11.3 Å². The van der Waals surface area contributed by atoms with E-state index in [4.69, 9.17) is 0 Å². The van der Waals surface area contributed by atoms with Crippen molar-refractivity contribution in [3.8, 4) is 0 Å². The molecular formula is C9H10N2O2S. The molecule has 1 aliphatic rings. The Kier molecular flexibility index (Phi) is 2.03. The summed E-state index contributed by atoms with van der Waals surface area (Å²) in [6.07, 6.45) is 0. The summed E-state index contributed by atoms with van der Waals surface area (Å²) in [5, 5.41) is 4.52. The van der Waals surface area contributed by atoms with Crippen LogP contribution in [0.4, 0.5) is 5.69 Å². The van der Waals surface area contributed by atoms with Crippen molar-refractivity contribution in [2.45, 2.75) is 13.0 Å². The van der Waals surface area contributed by atoms with Crippen molar-refractivity contribution >= 4 is 28.8 Å². The molecule has 0 saturated heterocycles. The second-order valence-electron chi connectivity index (χ2n) is 3.24. The standard InChI is InChI=1S/C9H10N2O2S/c1-5-8(12)10-6-3-4-14-7(6)9(13)11(5)2/h3-5H,1-2H3,(H,10,12)/t5-/m0/s1. The number of hydrogen-bond donors (Lipinski definition) is 1. The summed E-state index contributed by atoms with van der Waals surface area (Å²) >= 11 is 1.35. The van der Waals surface area contributed by atoms with Crippen LogP contribution in [0.2, 0.25) is 0 Å². The number of anilines is 1. The molecule has 74 valence electrons. The number of fused-ring (bicyclic) bond motifs is 1. The summed E-state index contributed by atoms with van der Waals surface area (Å²) in [6.45, 7) is 1.71. The molecule has 0 saturated carbocycles. The molecule has 0 fully saturated rings. The van der Waals surface area contributed by atoms with E-state index in [0.717, 1.165) is 0 Å². The molecule has 1 aliphatic heterocycles. The Hall–Kier alpha value is -1.36. The van der Waals surface area contributed by atoms with E-state index >= 15 is 0 Å². The first-order chi connectivity index (χ1) is 6.61. The second-order valence-corrected chi connectivity index (χ2v) is 4.16. The maximum Gasteiger partial charge on any atom is 0.266 e. The van der Waals surface area contributed by atoms with Gasteiger partial charge in [-0.2, -0.15) is 0 Å². The highest BCUT2D eigenvalue weighted by Gasteiger charge is 2.30. The molecule has 1 aromatic rings. The van der Waals surface area contributed by atoms with Gasteiger partial charge in [0.1, 0.15) is 10.9 Å². The lowest BCUT2D eigenvalue weighted by Crippen LogP contribution is -2.40. The third-order valence-electron chi connectivity index (χ3n) is 2.40. The third kappa shape index (κ3) is 1.21. The SMILES string of the molecule is C[C@H]1C(=O)Nc2ccsc2C(=O)N1C. The quantitative estimate of drug-likeness (QED) is 0.698. The summed E-state index contributed by atoms with van der Waals surface area (Å²) in [5.74, 6) is -0.237. The van der Waals surface area contributed by atoms with E-state index in [9.17, 15) is 9.59 Å². The molecule has 4 nitrogen and oxygen atoms in total. The average molecular weight is 210 g/mol. The lowest BCUT2D eigenvalue weighted by molar-refractivity contribution is -0.119. The van der Waals surface area contributed by atoms with Crippen molar-refractivity contribution in [2.75, 3.05) is 12.4 Å². The van der Waals surface area contributed by atoms with Crippen molar-refractivity contribution in [1.82, 2.24) is 4.90 Å². The molecule has 0 radical (unpaired) electrons. The van der Waals surface area contributed by atoms with Crippen molar-refractivity contribution in [1.29, 1.82) is 0 Å². The Bertz CT molecular complexity index is 399. The molecule has 0 aromatic carbocycles. The number of hydrogen-bond acceptors (Lipinski definition) is 3. The smallest absolute Gasteiger partial charge is 0.266 e. The van der Waals surface area contributed by atoms with Crippen LogP contribution in [0.1, 0.15) is 16.6 Å². The number of thiophene rings is 1.